The van der Waals surface area contributed by atoms with Crippen molar-refractivity contribution >= 4 is 0 Å². The minimum absolute atomic E-state index is 0.370. The summed E-state index contributed by atoms with van der Waals surface area (Å²) < 4.78 is 7.05. The van der Waals surface area contributed by atoms with Crippen molar-refractivity contribution in [3.8, 4) is 5.69 Å². The van der Waals surface area contributed by atoms with Crippen LogP contribution in [0.3, 0.4) is 0 Å². The highest BCUT2D eigenvalue weighted by atomic mass is 16.5. The number of methoxy groups -OCH3 is 1. The van der Waals surface area contributed by atoms with Gasteiger partial charge in [-0.15, -0.1) is 10.2 Å². The first-order valence-corrected chi connectivity index (χ1v) is 5.54. The van der Waals surface area contributed by atoms with Crippen molar-refractivity contribution in [2.45, 2.75) is 13.0 Å². The van der Waals surface area contributed by atoms with Gasteiger partial charge in [0.15, 0.2) is 5.82 Å². The number of hydrogen-bond donors (Lipinski definition) is 1. The minimum atomic E-state index is 0.370. The van der Waals surface area contributed by atoms with E-state index in [-0.39, 0.29) is 0 Å². The highest BCUT2D eigenvalue weighted by Gasteiger charge is 2.11. The van der Waals surface area contributed by atoms with Crippen molar-refractivity contribution in [1.82, 2.24) is 14.8 Å². The Morgan fingerprint density at radius 2 is 1.88 bits per heavy atom. The highest BCUT2D eigenvalue weighted by Crippen LogP contribution is 2.13. The molecule has 0 amide bonds. The molecule has 17 heavy (non-hydrogen) atoms. The van der Waals surface area contributed by atoms with Crippen LogP contribution in [0.1, 0.15) is 11.6 Å². The van der Waals surface area contributed by atoms with Gasteiger partial charge in [0.05, 0.1) is 13.2 Å². The number of nitrogens with two attached hydrogens (primary N) is 1. The van der Waals surface area contributed by atoms with Gasteiger partial charge in [0.2, 0.25) is 0 Å². The lowest BCUT2D eigenvalue weighted by Crippen LogP contribution is -2.10. The first-order chi connectivity index (χ1) is 8.36. The number of ether oxygens (including phenoxy) is 1. The zero-order chi connectivity index (χ0) is 12.1. The van der Waals surface area contributed by atoms with E-state index in [2.05, 4.69) is 10.2 Å². The van der Waals surface area contributed by atoms with E-state index < -0.39 is 0 Å². The SMILES string of the molecule is COCCc1nnc(CN)n1-c1ccccc1. The fourth-order valence-corrected chi connectivity index (χ4v) is 1.72. The van der Waals surface area contributed by atoms with Crippen molar-refractivity contribution in [3.05, 3.63) is 42.0 Å². The Kier molecular flexibility index (Phi) is 3.85. The summed E-state index contributed by atoms with van der Waals surface area (Å²) in [5.74, 6) is 1.64. The van der Waals surface area contributed by atoms with Gasteiger partial charge in [-0.3, -0.25) is 4.57 Å². The van der Waals surface area contributed by atoms with Crippen molar-refractivity contribution in [1.29, 1.82) is 0 Å². The molecular formula is C12H16N4O. The second-order valence-electron chi connectivity index (χ2n) is 3.65. The Hall–Kier alpha value is -1.72. The lowest BCUT2D eigenvalue weighted by molar-refractivity contribution is 0.200. The maximum absolute atomic E-state index is 5.68. The van der Waals surface area contributed by atoms with Gasteiger partial charge in [-0.05, 0) is 12.1 Å². The number of benzene rings is 1. The summed E-state index contributed by atoms with van der Waals surface area (Å²) in [7, 11) is 1.67. The van der Waals surface area contributed by atoms with Gasteiger partial charge in [0.1, 0.15) is 5.82 Å². The summed E-state index contributed by atoms with van der Waals surface area (Å²) in [6.07, 6.45) is 0.721. The van der Waals surface area contributed by atoms with E-state index in [1.807, 2.05) is 34.9 Å². The Balaban J connectivity index is 2.39. The van der Waals surface area contributed by atoms with E-state index in [1.54, 1.807) is 7.11 Å². The zero-order valence-corrected chi connectivity index (χ0v) is 9.84. The summed E-state index contributed by atoms with van der Waals surface area (Å²) in [6.45, 7) is 0.990. The molecule has 2 rings (SSSR count). The number of hydrogen-bond acceptors (Lipinski definition) is 4. The number of aromatic nitrogens is 3. The molecule has 1 heterocycles. The second kappa shape index (κ2) is 5.56. The molecule has 2 N–H and O–H groups in total. The standard InChI is InChI=1S/C12H16N4O/c1-17-8-7-11-14-15-12(9-13)16(11)10-5-3-2-4-6-10/h2-6H,7-9,13H2,1H3. The Morgan fingerprint density at radius 3 is 2.53 bits per heavy atom. The number of rotatable bonds is 5. The Labute approximate surface area is 100 Å². The van der Waals surface area contributed by atoms with Gasteiger partial charge in [0.25, 0.3) is 0 Å². The third kappa shape index (κ3) is 2.51. The van der Waals surface area contributed by atoms with Crippen LogP contribution < -0.4 is 5.73 Å². The van der Waals surface area contributed by atoms with Crippen molar-refractivity contribution < 1.29 is 4.74 Å². The topological polar surface area (TPSA) is 66.0 Å². The van der Waals surface area contributed by atoms with E-state index in [4.69, 9.17) is 10.5 Å². The Bertz CT molecular complexity index is 467. The summed E-state index contributed by atoms with van der Waals surface area (Å²) in [6, 6.07) is 9.97. The number of para-hydroxylation sites is 1. The molecule has 5 nitrogen and oxygen atoms in total. The molecule has 0 spiro atoms. The van der Waals surface area contributed by atoms with Crippen LogP contribution in [-0.2, 0) is 17.7 Å². The van der Waals surface area contributed by atoms with E-state index >= 15 is 0 Å². The van der Waals surface area contributed by atoms with Gasteiger partial charge in [-0.25, -0.2) is 0 Å². The van der Waals surface area contributed by atoms with Crippen LogP contribution in [-0.4, -0.2) is 28.5 Å². The highest BCUT2D eigenvalue weighted by molar-refractivity contribution is 5.34. The quantitative estimate of drug-likeness (QED) is 0.832. The molecule has 1 aromatic carbocycles. The second-order valence-corrected chi connectivity index (χ2v) is 3.65. The molecule has 5 heteroatoms. The van der Waals surface area contributed by atoms with Crippen molar-refractivity contribution in [3.63, 3.8) is 0 Å². The van der Waals surface area contributed by atoms with Gasteiger partial charge >= 0.3 is 0 Å². The van der Waals surface area contributed by atoms with Gasteiger partial charge in [0, 0.05) is 19.2 Å². The molecule has 1 aromatic heterocycles. The summed E-state index contributed by atoms with van der Waals surface area (Å²) in [5.41, 5.74) is 6.71. The van der Waals surface area contributed by atoms with Gasteiger partial charge in [-0.2, -0.15) is 0 Å². The minimum Gasteiger partial charge on any atom is -0.384 e. The van der Waals surface area contributed by atoms with Crippen molar-refractivity contribution in [2.75, 3.05) is 13.7 Å². The maximum Gasteiger partial charge on any atom is 0.151 e. The van der Waals surface area contributed by atoms with E-state index in [9.17, 15) is 0 Å². The molecule has 90 valence electrons. The van der Waals surface area contributed by atoms with E-state index in [1.165, 1.54) is 0 Å². The first-order valence-electron chi connectivity index (χ1n) is 5.54. The summed E-state index contributed by atoms with van der Waals surface area (Å²) in [4.78, 5) is 0. The summed E-state index contributed by atoms with van der Waals surface area (Å²) >= 11 is 0. The molecule has 0 saturated heterocycles. The first kappa shape index (κ1) is 11.8. The van der Waals surface area contributed by atoms with E-state index in [0.29, 0.717) is 13.2 Å². The molecule has 2 aromatic rings. The maximum atomic E-state index is 5.68. The van der Waals surface area contributed by atoms with Crippen LogP contribution in [0.5, 0.6) is 0 Å². The molecule has 0 radical (unpaired) electrons. The zero-order valence-electron chi connectivity index (χ0n) is 9.84. The largest absolute Gasteiger partial charge is 0.384 e. The van der Waals surface area contributed by atoms with Crippen LogP contribution in [0.2, 0.25) is 0 Å². The molecular weight excluding hydrogens is 216 g/mol. The fourth-order valence-electron chi connectivity index (χ4n) is 1.72. The molecule has 0 fully saturated rings. The molecule has 0 aliphatic heterocycles. The predicted octanol–water partition coefficient (Wildman–Crippen LogP) is 0.915. The number of nitrogens with zero attached hydrogens (tertiary/aromatic N) is 3. The van der Waals surface area contributed by atoms with E-state index in [0.717, 1.165) is 23.8 Å². The van der Waals surface area contributed by atoms with Gasteiger partial charge in [-0.1, -0.05) is 18.2 Å². The average molecular weight is 232 g/mol. The lowest BCUT2D eigenvalue weighted by Gasteiger charge is -2.08. The molecule has 0 saturated carbocycles. The molecule has 0 atom stereocenters. The fraction of sp³-hybridized carbons (Fsp3) is 0.333. The van der Waals surface area contributed by atoms with Crippen LogP contribution in [0.15, 0.2) is 30.3 Å². The third-order valence-corrected chi connectivity index (χ3v) is 2.52. The third-order valence-electron chi connectivity index (χ3n) is 2.52. The lowest BCUT2D eigenvalue weighted by atomic mass is 10.3. The Morgan fingerprint density at radius 1 is 1.18 bits per heavy atom. The van der Waals surface area contributed by atoms with Crippen LogP contribution in [0, 0.1) is 0 Å². The molecule has 0 aliphatic carbocycles. The molecule has 0 unspecified atom stereocenters. The van der Waals surface area contributed by atoms with Crippen LogP contribution in [0.4, 0.5) is 0 Å². The molecule has 0 aliphatic rings. The normalized spacial score (nSPS) is 10.7. The van der Waals surface area contributed by atoms with Crippen LogP contribution in [0.25, 0.3) is 5.69 Å². The predicted molar refractivity (Wildman–Crippen MR) is 64.8 cm³/mol. The van der Waals surface area contributed by atoms with Crippen LogP contribution >= 0.6 is 0 Å². The monoisotopic (exact) mass is 232 g/mol. The van der Waals surface area contributed by atoms with Crippen molar-refractivity contribution in [2.24, 2.45) is 5.73 Å². The average Bonchev–Trinajstić information content (AvgIpc) is 2.80. The van der Waals surface area contributed by atoms with Gasteiger partial charge < -0.3 is 10.5 Å². The smallest absolute Gasteiger partial charge is 0.151 e. The molecule has 0 bridgehead atoms. The summed E-state index contributed by atoms with van der Waals surface area (Å²) in [5, 5.41) is 8.25.